The zero-order valence-electron chi connectivity index (χ0n) is 22.3. The van der Waals surface area contributed by atoms with Crippen molar-refractivity contribution in [2.45, 2.75) is 59.1 Å². The van der Waals surface area contributed by atoms with E-state index in [2.05, 4.69) is 15.0 Å². The topological polar surface area (TPSA) is 114 Å². The van der Waals surface area contributed by atoms with Crippen molar-refractivity contribution in [3.05, 3.63) is 50.2 Å². The Kier molecular flexibility index (Phi) is 7.88. The second-order valence-electron chi connectivity index (χ2n) is 10.7. The molecule has 38 heavy (non-hydrogen) atoms. The fourth-order valence-corrected chi connectivity index (χ4v) is 4.86. The molecular weight excluding hydrogens is 531 g/mol. The summed E-state index contributed by atoms with van der Waals surface area (Å²) in [4.78, 5) is 43.2. The number of anilines is 1. The molecule has 12 heteroatoms. The summed E-state index contributed by atoms with van der Waals surface area (Å²) in [5.74, 6) is 0.378. The van der Waals surface area contributed by atoms with E-state index in [9.17, 15) is 14.7 Å². The number of nitrogens with zero attached hydrogens (tertiary/aromatic N) is 6. The molecule has 1 aliphatic rings. The minimum Gasteiger partial charge on any atom is -0.444 e. The lowest BCUT2D eigenvalue weighted by atomic mass is 10.0. The van der Waals surface area contributed by atoms with Crippen LogP contribution in [0.15, 0.2) is 23.1 Å². The van der Waals surface area contributed by atoms with Crippen molar-refractivity contribution >= 4 is 46.1 Å². The maximum atomic E-state index is 13.6. The molecular formula is C26H32Cl2N6O4. The van der Waals surface area contributed by atoms with Crippen LogP contribution in [0.2, 0.25) is 10.2 Å². The largest absolute Gasteiger partial charge is 0.444 e. The molecule has 1 atom stereocenters. The van der Waals surface area contributed by atoms with Gasteiger partial charge in [0.2, 0.25) is 0 Å². The van der Waals surface area contributed by atoms with Gasteiger partial charge >= 0.3 is 11.8 Å². The number of aliphatic hydroxyl groups is 1. The lowest BCUT2D eigenvalue weighted by Crippen LogP contribution is -2.58. The van der Waals surface area contributed by atoms with Gasteiger partial charge in [0.15, 0.2) is 5.65 Å². The molecule has 4 heterocycles. The highest BCUT2D eigenvalue weighted by Gasteiger charge is 2.35. The Labute approximate surface area is 231 Å². The zero-order chi connectivity index (χ0) is 27.9. The Morgan fingerprint density at radius 1 is 1.24 bits per heavy atom. The first-order chi connectivity index (χ1) is 17.8. The van der Waals surface area contributed by atoms with E-state index >= 15 is 0 Å². The Morgan fingerprint density at radius 3 is 2.58 bits per heavy atom. The summed E-state index contributed by atoms with van der Waals surface area (Å²) in [6, 6.07) is 2.90. The van der Waals surface area contributed by atoms with E-state index in [0.29, 0.717) is 29.1 Å². The molecule has 0 unspecified atom stereocenters. The lowest BCUT2D eigenvalue weighted by molar-refractivity contribution is 0.00700. The number of aryl methyl sites for hydroxylation is 1. The van der Waals surface area contributed by atoms with E-state index in [1.165, 1.54) is 9.47 Å². The normalized spacial score (nSPS) is 16.4. The molecule has 3 aromatic heterocycles. The third-order valence-corrected chi connectivity index (χ3v) is 6.98. The Bertz CT molecular complexity index is 1440. The van der Waals surface area contributed by atoms with Gasteiger partial charge < -0.3 is 14.7 Å². The van der Waals surface area contributed by atoms with Gasteiger partial charge in [0, 0.05) is 25.8 Å². The van der Waals surface area contributed by atoms with Gasteiger partial charge in [-0.1, -0.05) is 37.0 Å². The van der Waals surface area contributed by atoms with Crippen molar-refractivity contribution in [2.24, 2.45) is 0 Å². The van der Waals surface area contributed by atoms with Gasteiger partial charge in [-0.15, -0.1) is 0 Å². The average Bonchev–Trinajstić information content (AvgIpc) is 2.83. The molecule has 1 N–H and O–H groups in total. The summed E-state index contributed by atoms with van der Waals surface area (Å²) in [6.45, 7) is 11.8. The van der Waals surface area contributed by atoms with Crippen molar-refractivity contribution in [2.75, 3.05) is 31.1 Å². The number of carbonyl (C=O) groups excluding carboxylic acids is 1. The molecule has 0 radical (unpaired) electrons. The molecule has 10 nitrogen and oxygen atoms in total. The highest BCUT2D eigenvalue weighted by Crippen LogP contribution is 2.33. The van der Waals surface area contributed by atoms with Crippen LogP contribution < -0.4 is 10.6 Å². The Hall–Kier alpha value is -2.95. The highest BCUT2D eigenvalue weighted by molar-refractivity contribution is 6.41. The molecule has 1 fully saturated rings. The number of pyridine rings is 2. The van der Waals surface area contributed by atoms with Crippen LogP contribution >= 0.6 is 23.2 Å². The van der Waals surface area contributed by atoms with E-state index in [-0.39, 0.29) is 35.8 Å². The molecule has 204 valence electrons. The van der Waals surface area contributed by atoms with Gasteiger partial charge in [-0.2, -0.15) is 4.98 Å². The first-order valence-corrected chi connectivity index (χ1v) is 13.2. The Balaban J connectivity index is 1.85. The molecule has 0 spiro atoms. The van der Waals surface area contributed by atoms with Crippen LogP contribution in [0.5, 0.6) is 0 Å². The van der Waals surface area contributed by atoms with Gasteiger partial charge in [-0.05, 0) is 51.3 Å². The van der Waals surface area contributed by atoms with Crippen molar-refractivity contribution < 1.29 is 14.6 Å². The summed E-state index contributed by atoms with van der Waals surface area (Å²) in [6.07, 6.45) is 1.20. The summed E-state index contributed by atoms with van der Waals surface area (Å²) in [5, 5.41) is 10.9. The molecule has 1 amide bonds. The molecule has 1 saturated heterocycles. The smallest absolute Gasteiger partial charge is 0.410 e. The highest BCUT2D eigenvalue weighted by atomic mass is 35.5. The number of piperazine rings is 1. The number of rotatable bonds is 4. The van der Waals surface area contributed by atoms with Gasteiger partial charge in [0.1, 0.15) is 16.6 Å². The monoisotopic (exact) mass is 562 g/mol. The lowest BCUT2D eigenvalue weighted by Gasteiger charge is -2.41. The number of hydrogen-bond acceptors (Lipinski definition) is 8. The van der Waals surface area contributed by atoms with Gasteiger partial charge in [0.05, 0.1) is 34.4 Å². The van der Waals surface area contributed by atoms with Crippen LogP contribution in [0.25, 0.3) is 16.7 Å². The van der Waals surface area contributed by atoms with Gasteiger partial charge in [-0.25, -0.2) is 19.1 Å². The number of aliphatic hydroxyl groups excluding tert-OH is 1. The van der Waals surface area contributed by atoms with Gasteiger partial charge in [0.25, 0.3) is 0 Å². The minimum atomic E-state index is -0.669. The van der Waals surface area contributed by atoms with Crippen molar-refractivity contribution in [1.29, 1.82) is 0 Å². The first-order valence-electron chi connectivity index (χ1n) is 12.4. The summed E-state index contributed by atoms with van der Waals surface area (Å²) in [7, 11) is 0. The third-order valence-electron chi connectivity index (χ3n) is 6.30. The molecule has 0 saturated carbocycles. The standard InChI is InChI=1S/C26H32Cl2N6O4/c1-14(2)19-20(15(3)7-8-29-19)34-23-17(11-18(27)21(28)30-23)22(31-24(34)36)32-9-10-33(16(12-32)13-35)25(37)38-26(4,5)6/h7-8,11,14,16,35H,9-10,12-13H2,1-6H3/t16-/m1/s1. The predicted octanol–water partition coefficient (Wildman–Crippen LogP) is 4.33. The van der Waals surface area contributed by atoms with Crippen LogP contribution in [0.3, 0.4) is 0 Å². The van der Waals surface area contributed by atoms with Crippen molar-refractivity contribution in [1.82, 2.24) is 24.4 Å². The molecule has 0 bridgehead atoms. The number of ether oxygens (including phenoxy) is 1. The van der Waals surface area contributed by atoms with Gasteiger partial charge in [-0.3, -0.25) is 9.88 Å². The second kappa shape index (κ2) is 10.7. The average molecular weight is 563 g/mol. The van der Waals surface area contributed by atoms with Crippen molar-refractivity contribution in [3.8, 4) is 5.69 Å². The SMILES string of the molecule is Cc1ccnc(C(C)C)c1-n1c(=O)nc(N2CCN(C(=O)OC(C)(C)C)[C@@H](CO)C2)c2cc(Cl)c(Cl)nc21. The maximum absolute atomic E-state index is 13.6. The molecule has 4 rings (SSSR count). The fraction of sp³-hybridized carbons (Fsp3) is 0.500. The molecule has 3 aromatic rings. The number of aromatic nitrogens is 4. The van der Waals surface area contributed by atoms with E-state index in [1.807, 2.05) is 31.7 Å². The summed E-state index contributed by atoms with van der Waals surface area (Å²) in [5.41, 5.74) is 1.24. The maximum Gasteiger partial charge on any atom is 0.410 e. The van der Waals surface area contributed by atoms with Crippen LogP contribution in [-0.2, 0) is 4.74 Å². The number of fused-ring (bicyclic) bond motifs is 1. The number of hydrogen-bond donors (Lipinski definition) is 1. The van der Waals surface area contributed by atoms with E-state index in [0.717, 1.165) is 11.3 Å². The summed E-state index contributed by atoms with van der Waals surface area (Å²) < 4.78 is 6.94. The van der Waals surface area contributed by atoms with E-state index in [1.54, 1.807) is 33.0 Å². The van der Waals surface area contributed by atoms with Crippen LogP contribution in [0.1, 0.15) is 51.8 Å². The quantitative estimate of drug-likeness (QED) is 0.467. The minimum absolute atomic E-state index is 0.0283. The number of halogens is 2. The predicted molar refractivity (Wildman–Crippen MR) is 148 cm³/mol. The fourth-order valence-electron chi connectivity index (χ4n) is 4.58. The molecule has 0 aromatic carbocycles. The van der Waals surface area contributed by atoms with Crippen LogP contribution in [-0.4, -0.2) is 73.5 Å². The second-order valence-corrected chi connectivity index (χ2v) is 11.4. The van der Waals surface area contributed by atoms with Crippen LogP contribution in [0.4, 0.5) is 10.6 Å². The third kappa shape index (κ3) is 5.43. The molecule has 0 aliphatic carbocycles. The first kappa shape index (κ1) is 28.1. The van der Waals surface area contributed by atoms with E-state index in [4.69, 9.17) is 27.9 Å². The van der Waals surface area contributed by atoms with E-state index < -0.39 is 23.4 Å². The zero-order valence-corrected chi connectivity index (χ0v) is 23.8. The van der Waals surface area contributed by atoms with Crippen LogP contribution in [0, 0.1) is 6.92 Å². The number of carbonyl (C=O) groups is 1. The Morgan fingerprint density at radius 2 is 1.95 bits per heavy atom. The van der Waals surface area contributed by atoms with Crippen molar-refractivity contribution in [3.63, 3.8) is 0 Å². The summed E-state index contributed by atoms with van der Waals surface area (Å²) >= 11 is 12.7. The number of amides is 1. The molecule has 1 aliphatic heterocycles.